The van der Waals surface area contributed by atoms with Crippen LogP contribution in [0.4, 0.5) is 35.1 Å². The van der Waals surface area contributed by atoms with Crippen molar-refractivity contribution in [2.75, 3.05) is 0 Å². The fraction of sp³-hybridized carbons (Fsp3) is 0.200. The number of allylic oxidation sites excluding steroid dienone is 2. The summed E-state index contributed by atoms with van der Waals surface area (Å²) in [6.45, 7) is 0. The van der Waals surface area contributed by atoms with E-state index in [0.717, 1.165) is 0 Å². The molecule has 0 aliphatic heterocycles. The molecule has 0 unspecified atom stereocenters. The molecule has 0 rings (SSSR count). The van der Waals surface area contributed by atoms with E-state index in [4.69, 9.17) is 0 Å². The first-order chi connectivity index (χ1) is 5.68. The molecule has 0 N–H and O–H groups in total. The zero-order valence-corrected chi connectivity index (χ0v) is 5.52. The molecule has 13 heavy (non-hydrogen) atoms. The fourth-order valence-electron chi connectivity index (χ4n) is 0.409. The van der Waals surface area contributed by atoms with Crippen molar-refractivity contribution in [3.63, 3.8) is 0 Å². The Hall–Kier alpha value is -1.08. The molecule has 0 saturated carbocycles. The van der Waals surface area contributed by atoms with Crippen molar-refractivity contribution in [2.45, 2.75) is 6.18 Å². The van der Waals surface area contributed by atoms with Gasteiger partial charge in [0.05, 0.1) is 0 Å². The summed E-state index contributed by atoms with van der Waals surface area (Å²) in [6.07, 6.45) is -12.8. The molecule has 0 aromatic heterocycles. The summed E-state index contributed by atoms with van der Waals surface area (Å²) in [5.74, 6) is -3.26. The van der Waals surface area contributed by atoms with E-state index in [1.54, 1.807) is 0 Å². The van der Waals surface area contributed by atoms with Gasteiger partial charge >= 0.3 is 12.3 Å². The van der Waals surface area contributed by atoms with Crippen LogP contribution in [0.2, 0.25) is 0 Å². The van der Waals surface area contributed by atoms with Crippen LogP contribution >= 0.6 is 0 Å². The van der Waals surface area contributed by atoms with Crippen molar-refractivity contribution in [3.05, 3.63) is 23.6 Å². The number of hydrogen-bond acceptors (Lipinski definition) is 0. The number of hydrogen-bond donors (Lipinski definition) is 0. The summed E-state index contributed by atoms with van der Waals surface area (Å²) < 4.78 is 91.2. The number of alkyl halides is 3. The zero-order valence-electron chi connectivity index (χ0n) is 5.52. The highest BCUT2D eigenvalue weighted by Gasteiger charge is 2.42. The van der Waals surface area contributed by atoms with Crippen molar-refractivity contribution in [1.82, 2.24) is 0 Å². The van der Waals surface area contributed by atoms with Gasteiger partial charge in [-0.1, -0.05) is 0 Å². The maximum atomic E-state index is 11.8. The molecule has 0 aromatic carbocycles. The molecule has 0 spiro atoms. The zero-order chi connectivity index (χ0) is 10.8. The average molecular weight is 212 g/mol. The van der Waals surface area contributed by atoms with Crippen molar-refractivity contribution in [3.8, 4) is 0 Å². The van der Waals surface area contributed by atoms with E-state index in [9.17, 15) is 35.1 Å². The van der Waals surface area contributed by atoms with Crippen LogP contribution in [-0.4, -0.2) is 6.18 Å². The first-order valence-electron chi connectivity index (χ1n) is 2.51. The van der Waals surface area contributed by atoms with Gasteiger partial charge < -0.3 is 0 Å². The highest BCUT2D eigenvalue weighted by molar-refractivity contribution is 5.30. The minimum absolute atomic E-state index is 3.24. The van der Waals surface area contributed by atoms with Crippen molar-refractivity contribution in [1.29, 1.82) is 0 Å². The van der Waals surface area contributed by atoms with Crippen LogP contribution in [0.25, 0.3) is 0 Å². The number of rotatable bonds is 1. The van der Waals surface area contributed by atoms with Crippen LogP contribution < -0.4 is 0 Å². The Labute approximate surface area is 66.1 Å². The van der Waals surface area contributed by atoms with Gasteiger partial charge in [0.25, 0.3) is 6.08 Å². The van der Waals surface area contributed by atoms with Crippen LogP contribution in [0.15, 0.2) is 23.6 Å². The molecule has 0 heterocycles. The summed E-state index contributed by atoms with van der Waals surface area (Å²) in [5, 5.41) is 0. The van der Waals surface area contributed by atoms with E-state index < -0.39 is 29.7 Å². The van der Waals surface area contributed by atoms with E-state index in [0.29, 0.717) is 0 Å². The maximum absolute atomic E-state index is 11.8. The molecule has 0 aliphatic rings. The monoisotopic (exact) mass is 212 g/mol. The molecule has 8 heteroatoms. The van der Waals surface area contributed by atoms with E-state index in [-0.39, 0.29) is 0 Å². The van der Waals surface area contributed by atoms with Gasteiger partial charge in [-0.3, -0.25) is 0 Å². The third-order valence-corrected chi connectivity index (χ3v) is 0.858. The largest absolute Gasteiger partial charge is 0.424 e. The molecule has 76 valence electrons. The summed E-state index contributed by atoms with van der Waals surface area (Å²) in [7, 11) is 0. The molecule has 0 aliphatic carbocycles. The lowest BCUT2D eigenvalue weighted by molar-refractivity contribution is -0.0951. The van der Waals surface area contributed by atoms with E-state index in [2.05, 4.69) is 0 Å². The molecule has 0 nitrogen and oxygen atoms in total. The molecule has 0 atom stereocenters. The average Bonchev–Trinajstić information content (AvgIpc) is 1.82. The number of halogens is 8. The Bertz CT molecular complexity index is 248. The molecule has 0 bridgehead atoms. The molecular formula is C5F8. The first kappa shape index (κ1) is 11.9. The summed E-state index contributed by atoms with van der Waals surface area (Å²) in [6, 6.07) is 0. The second kappa shape index (κ2) is 3.75. The van der Waals surface area contributed by atoms with Crippen LogP contribution in [0.1, 0.15) is 0 Å². The fourth-order valence-corrected chi connectivity index (χ4v) is 0.409. The molecular weight excluding hydrogens is 212 g/mol. The van der Waals surface area contributed by atoms with Crippen molar-refractivity contribution >= 4 is 0 Å². The highest BCUT2D eigenvalue weighted by Crippen LogP contribution is 2.37. The van der Waals surface area contributed by atoms with Gasteiger partial charge in [0.1, 0.15) is 0 Å². The van der Waals surface area contributed by atoms with Gasteiger partial charge in [-0.05, 0) is 0 Å². The summed E-state index contributed by atoms with van der Waals surface area (Å²) >= 11 is 0. The third-order valence-electron chi connectivity index (χ3n) is 0.858. The van der Waals surface area contributed by atoms with Crippen LogP contribution in [0.5, 0.6) is 0 Å². The summed E-state index contributed by atoms with van der Waals surface area (Å²) in [4.78, 5) is 0. The molecule has 0 fully saturated rings. The quantitative estimate of drug-likeness (QED) is 0.458. The van der Waals surface area contributed by atoms with E-state index in [1.807, 2.05) is 0 Å². The van der Waals surface area contributed by atoms with Gasteiger partial charge in [-0.25, -0.2) is 4.39 Å². The lowest BCUT2D eigenvalue weighted by Crippen LogP contribution is -2.13. The van der Waals surface area contributed by atoms with Gasteiger partial charge in [-0.2, -0.15) is 30.7 Å². The molecule has 0 amide bonds. The van der Waals surface area contributed by atoms with Gasteiger partial charge in [0.2, 0.25) is 5.83 Å². The highest BCUT2D eigenvalue weighted by atomic mass is 19.4. The summed E-state index contributed by atoms with van der Waals surface area (Å²) in [5.41, 5.74) is -3.24. The van der Waals surface area contributed by atoms with Crippen LogP contribution in [-0.2, 0) is 0 Å². The van der Waals surface area contributed by atoms with Gasteiger partial charge in [0.15, 0.2) is 5.57 Å². The Balaban J connectivity index is 5.37. The lowest BCUT2D eigenvalue weighted by Gasteiger charge is -2.06. The van der Waals surface area contributed by atoms with Crippen LogP contribution in [0.3, 0.4) is 0 Å². The molecule has 0 aromatic rings. The van der Waals surface area contributed by atoms with Crippen molar-refractivity contribution in [2.24, 2.45) is 0 Å². The lowest BCUT2D eigenvalue weighted by atomic mass is 10.2. The predicted molar refractivity (Wildman–Crippen MR) is 25.6 cm³/mol. The first-order valence-corrected chi connectivity index (χ1v) is 2.51. The van der Waals surface area contributed by atoms with E-state index >= 15 is 0 Å². The topological polar surface area (TPSA) is 0 Å². The Kier molecular flexibility index (Phi) is 3.44. The third kappa shape index (κ3) is 3.03. The molecule has 0 radical (unpaired) electrons. The second-order valence-electron chi connectivity index (χ2n) is 1.71. The smallest absolute Gasteiger partial charge is 0.200 e. The van der Waals surface area contributed by atoms with Crippen molar-refractivity contribution < 1.29 is 35.1 Å². The second-order valence-corrected chi connectivity index (χ2v) is 1.71. The minimum atomic E-state index is -5.84. The van der Waals surface area contributed by atoms with E-state index in [1.165, 1.54) is 0 Å². The normalized spacial score (nSPS) is 11.1. The Morgan fingerprint density at radius 3 is 1.15 bits per heavy atom. The van der Waals surface area contributed by atoms with Gasteiger partial charge in [0, 0.05) is 0 Å². The Morgan fingerprint density at radius 2 is 1.08 bits per heavy atom. The Morgan fingerprint density at radius 1 is 0.692 bits per heavy atom. The SMILES string of the molecule is FC(F)=C(F)C(=C(F)F)C(F)(F)F. The van der Waals surface area contributed by atoms with Crippen LogP contribution in [0, 0.1) is 0 Å². The predicted octanol–water partition coefficient (Wildman–Crippen LogP) is 3.78. The maximum Gasteiger partial charge on any atom is 0.424 e. The minimum Gasteiger partial charge on any atom is -0.200 e. The standard InChI is InChI=1S/C5F8/c6-2(4(9)10)1(3(7)8)5(11,12)13. The van der Waals surface area contributed by atoms with Gasteiger partial charge in [-0.15, -0.1) is 0 Å². The molecule has 0 saturated heterocycles.